The van der Waals surface area contributed by atoms with Crippen molar-refractivity contribution in [3.05, 3.63) is 48.8 Å². The van der Waals surface area contributed by atoms with Crippen LogP contribution < -0.4 is 11.3 Å². The van der Waals surface area contributed by atoms with E-state index in [1.54, 1.807) is 0 Å². The predicted molar refractivity (Wildman–Crippen MR) is 82.9 cm³/mol. The number of hydrazine groups is 1. The highest BCUT2D eigenvalue weighted by atomic mass is 15.2. The van der Waals surface area contributed by atoms with Gasteiger partial charge in [-0.05, 0) is 31.4 Å². The molecule has 106 valence electrons. The first kappa shape index (κ1) is 14.6. The maximum atomic E-state index is 5.66. The van der Waals surface area contributed by atoms with Crippen LogP contribution in [0.15, 0.2) is 43.1 Å². The maximum Gasteiger partial charge on any atom is 0.0890 e. The molecule has 0 saturated heterocycles. The predicted octanol–water partition coefficient (Wildman–Crippen LogP) is 3.27. The molecule has 4 nitrogen and oxygen atoms in total. The van der Waals surface area contributed by atoms with Gasteiger partial charge < -0.3 is 0 Å². The molecule has 3 N–H and O–H groups in total. The van der Waals surface area contributed by atoms with Gasteiger partial charge in [0.15, 0.2) is 0 Å². The maximum absolute atomic E-state index is 5.66. The third-order valence-electron chi connectivity index (χ3n) is 3.43. The van der Waals surface area contributed by atoms with Crippen LogP contribution in [-0.2, 0) is 0 Å². The van der Waals surface area contributed by atoms with Crippen LogP contribution in [0.4, 0.5) is 0 Å². The van der Waals surface area contributed by atoms with Crippen LogP contribution in [0, 0.1) is 0 Å². The SMILES string of the molecule is C=CCCCCCC(NN)c1cnc2ccccc2n1. The molecule has 0 aliphatic heterocycles. The smallest absolute Gasteiger partial charge is 0.0890 e. The van der Waals surface area contributed by atoms with Gasteiger partial charge >= 0.3 is 0 Å². The Morgan fingerprint density at radius 2 is 2.00 bits per heavy atom. The molecule has 1 aromatic heterocycles. The molecule has 1 unspecified atom stereocenters. The van der Waals surface area contributed by atoms with E-state index in [-0.39, 0.29) is 6.04 Å². The number of nitrogens with zero attached hydrogens (tertiary/aromatic N) is 2. The molecule has 1 heterocycles. The summed E-state index contributed by atoms with van der Waals surface area (Å²) in [5.74, 6) is 5.66. The van der Waals surface area contributed by atoms with Crippen molar-refractivity contribution < 1.29 is 0 Å². The van der Waals surface area contributed by atoms with Crippen LogP contribution >= 0.6 is 0 Å². The summed E-state index contributed by atoms with van der Waals surface area (Å²) in [6.45, 7) is 3.74. The lowest BCUT2D eigenvalue weighted by Gasteiger charge is -2.15. The summed E-state index contributed by atoms with van der Waals surface area (Å²) in [6.07, 6.45) is 9.33. The number of hydrogen-bond donors (Lipinski definition) is 2. The number of nitrogens with two attached hydrogens (primary N) is 1. The minimum atomic E-state index is 0.0656. The zero-order valence-electron chi connectivity index (χ0n) is 11.8. The molecule has 0 aliphatic rings. The van der Waals surface area contributed by atoms with Gasteiger partial charge in [-0.25, -0.2) is 4.98 Å². The highest BCUT2D eigenvalue weighted by Gasteiger charge is 2.11. The van der Waals surface area contributed by atoms with E-state index in [1.165, 1.54) is 12.8 Å². The molecule has 0 aliphatic carbocycles. The second-order valence-corrected chi connectivity index (χ2v) is 4.93. The number of benzene rings is 1. The number of hydrogen-bond acceptors (Lipinski definition) is 4. The number of para-hydroxylation sites is 2. The van der Waals surface area contributed by atoms with Gasteiger partial charge in [-0.3, -0.25) is 16.3 Å². The third kappa shape index (κ3) is 3.85. The number of unbranched alkanes of at least 4 members (excludes halogenated alkanes) is 3. The Kier molecular flexibility index (Phi) is 5.65. The van der Waals surface area contributed by atoms with Crippen molar-refractivity contribution in [3.8, 4) is 0 Å². The van der Waals surface area contributed by atoms with Gasteiger partial charge in [0.25, 0.3) is 0 Å². The molecule has 2 aromatic rings. The summed E-state index contributed by atoms with van der Waals surface area (Å²) < 4.78 is 0. The first-order valence-corrected chi connectivity index (χ1v) is 7.14. The summed E-state index contributed by atoms with van der Waals surface area (Å²) in [6, 6.07) is 7.95. The van der Waals surface area contributed by atoms with Gasteiger partial charge in [0.05, 0.1) is 29.0 Å². The molecule has 0 spiro atoms. The molecule has 1 aromatic carbocycles. The van der Waals surface area contributed by atoms with E-state index >= 15 is 0 Å². The molecule has 0 radical (unpaired) electrons. The fraction of sp³-hybridized carbons (Fsp3) is 0.375. The highest BCUT2D eigenvalue weighted by Crippen LogP contribution is 2.19. The number of fused-ring (bicyclic) bond motifs is 1. The minimum Gasteiger partial charge on any atom is -0.271 e. The van der Waals surface area contributed by atoms with Gasteiger partial charge in [0.2, 0.25) is 0 Å². The van der Waals surface area contributed by atoms with Crippen molar-refractivity contribution in [2.45, 2.75) is 38.1 Å². The third-order valence-corrected chi connectivity index (χ3v) is 3.43. The van der Waals surface area contributed by atoms with Crippen molar-refractivity contribution in [3.63, 3.8) is 0 Å². The van der Waals surface area contributed by atoms with E-state index in [9.17, 15) is 0 Å². The lowest BCUT2D eigenvalue weighted by Crippen LogP contribution is -2.28. The second kappa shape index (κ2) is 7.72. The molecule has 20 heavy (non-hydrogen) atoms. The van der Waals surface area contributed by atoms with Crippen molar-refractivity contribution in [2.75, 3.05) is 0 Å². The summed E-state index contributed by atoms with van der Waals surface area (Å²) in [5, 5.41) is 0. The van der Waals surface area contributed by atoms with Gasteiger partial charge in [-0.2, -0.15) is 0 Å². The van der Waals surface area contributed by atoms with Crippen LogP contribution in [0.25, 0.3) is 11.0 Å². The molecule has 4 heteroatoms. The quantitative estimate of drug-likeness (QED) is 0.334. The van der Waals surface area contributed by atoms with E-state index < -0.39 is 0 Å². The average Bonchev–Trinajstić information content (AvgIpc) is 2.50. The molecule has 2 rings (SSSR count). The zero-order chi connectivity index (χ0) is 14.2. The fourth-order valence-electron chi connectivity index (χ4n) is 2.27. The Hall–Kier alpha value is -1.78. The topological polar surface area (TPSA) is 63.8 Å². The van der Waals surface area contributed by atoms with Gasteiger partial charge in [-0.1, -0.05) is 31.1 Å². The molecular weight excluding hydrogens is 248 g/mol. The molecule has 0 amide bonds. The van der Waals surface area contributed by atoms with E-state index in [0.717, 1.165) is 36.0 Å². The first-order valence-electron chi connectivity index (χ1n) is 7.14. The Morgan fingerprint density at radius 3 is 2.75 bits per heavy atom. The van der Waals surface area contributed by atoms with Crippen LogP contribution in [0.1, 0.15) is 43.8 Å². The summed E-state index contributed by atoms with van der Waals surface area (Å²) in [5.41, 5.74) is 5.59. The number of allylic oxidation sites excluding steroid dienone is 1. The number of aromatic nitrogens is 2. The Balaban J connectivity index is 1.99. The van der Waals surface area contributed by atoms with Crippen molar-refractivity contribution in [1.29, 1.82) is 0 Å². The fourth-order valence-corrected chi connectivity index (χ4v) is 2.27. The van der Waals surface area contributed by atoms with Crippen molar-refractivity contribution in [2.24, 2.45) is 5.84 Å². The molecule has 0 bridgehead atoms. The average molecular weight is 270 g/mol. The van der Waals surface area contributed by atoms with Crippen molar-refractivity contribution in [1.82, 2.24) is 15.4 Å². The zero-order valence-corrected chi connectivity index (χ0v) is 11.8. The standard InChI is InChI=1S/C16H22N4/c1-2-3-4-5-6-11-15(20-17)16-12-18-13-9-7-8-10-14(13)19-16/h2,7-10,12,15,20H,1,3-6,11,17H2. The normalized spacial score (nSPS) is 12.4. The van der Waals surface area contributed by atoms with Crippen molar-refractivity contribution >= 4 is 11.0 Å². The number of rotatable bonds is 8. The minimum absolute atomic E-state index is 0.0656. The monoisotopic (exact) mass is 270 g/mol. The van der Waals surface area contributed by atoms with Crippen LogP contribution in [0.2, 0.25) is 0 Å². The second-order valence-electron chi connectivity index (χ2n) is 4.93. The Bertz CT molecular complexity index is 553. The van der Waals surface area contributed by atoms with Crippen LogP contribution in [0.5, 0.6) is 0 Å². The van der Waals surface area contributed by atoms with Crippen LogP contribution in [0.3, 0.4) is 0 Å². The summed E-state index contributed by atoms with van der Waals surface area (Å²) in [7, 11) is 0. The van der Waals surface area contributed by atoms with Gasteiger partial charge in [0, 0.05) is 0 Å². The van der Waals surface area contributed by atoms with Crippen LogP contribution in [-0.4, -0.2) is 9.97 Å². The van der Waals surface area contributed by atoms with Gasteiger partial charge in [0.1, 0.15) is 0 Å². The largest absolute Gasteiger partial charge is 0.271 e. The lowest BCUT2D eigenvalue weighted by molar-refractivity contribution is 0.474. The van der Waals surface area contributed by atoms with E-state index in [2.05, 4.69) is 22.0 Å². The molecule has 0 fully saturated rings. The van der Waals surface area contributed by atoms with E-state index in [1.807, 2.05) is 36.5 Å². The first-order chi connectivity index (χ1) is 9.85. The molecular formula is C16H22N4. The Morgan fingerprint density at radius 1 is 1.20 bits per heavy atom. The highest BCUT2D eigenvalue weighted by molar-refractivity contribution is 5.73. The summed E-state index contributed by atoms with van der Waals surface area (Å²) >= 11 is 0. The molecule has 0 saturated carbocycles. The van der Waals surface area contributed by atoms with Gasteiger partial charge in [-0.15, -0.1) is 6.58 Å². The number of nitrogens with one attached hydrogen (secondary N) is 1. The summed E-state index contributed by atoms with van der Waals surface area (Å²) in [4.78, 5) is 9.08. The molecule has 1 atom stereocenters. The van der Waals surface area contributed by atoms with E-state index in [0.29, 0.717) is 0 Å². The lowest BCUT2D eigenvalue weighted by atomic mass is 10.1. The Labute approximate surface area is 120 Å². The van der Waals surface area contributed by atoms with E-state index in [4.69, 9.17) is 5.84 Å².